The second kappa shape index (κ2) is 6.89. The van der Waals surface area contributed by atoms with Gasteiger partial charge in [-0.25, -0.2) is 16.8 Å². The number of aryl methyl sites for hydroxylation is 2. The van der Waals surface area contributed by atoms with Gasteiger partial charge < -0.3 is 5.32 Å². The fourth-order valence-corrected chi connectivity index (χ4v) is 5.33. The molecule has 0 aromatic heterocycles. The Morgan fingerprint density at radius 3 is 2.24 bits per heavy atom. The molecule has 7 heteroatoms. The second-order valence-corrected chi connectivity index (χ2v) is 9.93. The molecular formula is C14H23NO4S2. The molecule has 0 spiro atoms. The number of benzene rings is 1. The lowest BCUT2D eigenvalue weighted by atomic mass is 10.0. The molecule has 0 aliphatic rings. The van der Waals surface area contributed by atoms with Gasteiger partial charge >= 0.3 is 0 Å². The molecule has 1 aromatic carbocycles. The third-order valence-electron chi connectivity index (χ3n) is 3.34. The summed E-state index contributed by atoms with van der Waals surface area (Å²) in [6, 6.07) is 5.55. The SMILES string of the molecule is CNC(CS(=O)(=O)CCS(C)(=O)=O)c1cc(C)ccc1C. The highest BCUT2D eigenvalue weighted by atomic mass is 32.2. The van der Waals surface area contributed by atoms with Crippen molar-refractivity contribution in [2.75, 3.05) is 30.6 Å². The average molecular weight is 333 g/mol. The van der Waals surface area contributed by atoms with Crippen molar-refractivity contribution in [3.63, 3.8) is 0 Å². The van der Waals surface area contributed by atoms with Crippen LogP contribution in [-0.2, 0) is 19.7 Å². The van der Waals surface area contributed by atoms with Gasteiger partial charge in [0.1, 0.15) is 9.84 Å². The number of hydrogen-bond donors (Lipinski definition) is 1. The van der Waals surface area contributed by atoms with Crippen LogP contribution in [0.2, 0.25) is 0 Å². The summed E-state index contributed by atoms with van der Waals surface area (Å²) in [6.45, 7) is 3.88. The lowest BCUT2D eigenvalue weighted by Crippen LogP contribution is -2.29. The van der Waals surface area contributed by atoms with Gasteiger partial charge in [0.05, 0.1) is 17.3 Å². The Labute approximate surface area is 127 Å². The lowest BCUT2D eigenvalue weighted by molar-refractivity contribution is 0.572. The van der Waals surface area contributed by atoms with Crippen LogP contribution in [0, 0.1) is 13.8 Å². The van der Waals surface area contributed by atoms with Crippen molar-refractivity contribution in [1.82, 2.24) is 5.32 Å². The molecule has 1 atom stereocenters. The van der Waals surface area contributed by atoms with E-state index in [2.05, 4.69) is 5.32 Å². The maximum atomic E-state index is 12.1. The first kappa shape index (κ1) is 18.1. The van der Waals surface area contributed by atoms with Gasteiger partial charge in [-0.3, -0.25) is 0 Å². The van der Waals surface area contributed by atoms with Crippen molar-refractivity contribution in [3.05, 3.63) is 34.9 Å². The minimum absolute atomic E-state index is 0.108. The third-order valence-corrected chi connectivity index (χ3v) is 6.22. The van der Waals surface area contributed by atoms with Crippen LogP contribution >= 0.6 is 0 Å². The second-order valence-electron chi connectivity index (χ2n) is 5.45. The van der Waals surface area contributed by atoms with Gasteiger partial charge in [0.25, 0.3) is 0 Å². The van der Waals surface area contributed by atoms with Crippen LogP contribution in [0.4, 0.5) is 0 Å². The van der Waals surface area contributed by atoms with Crippen LogP contribution in [0.15, 0.2) is 18.2 Å². The number of nitrogens with one attached hydrogen (secondary N) is 1. The van der Waals surface area contributed by atoms with Gasteiger partial charge in [-0.15, -0.1) is 0 Å². The smallest absolute Gasteiger partial charge is 0.153 e. The molecule has 0 radical (unpaired) electrons. The summed E-state index contributed by atoms with van der Waals surface area (Å²) < 4.78 is 46.5. The molecule has 5 nitrogen and oxygen atoms in total. The molecule has 21 heavy (non-hydrogen) atoms. The average Bonchev–Trinajstić information content (AvgIpc) is 2.36. The number of rotatable bonds is 7. The predicted octanol–water partition coefficient (Wildman–Crippen LogP) is 1.02. The summed E-state index contributed by atoms with van der Waals surface area (Å²) in [4.78, 5) is 0. The summed E-state index contributed by atoms with van der Waals surface area (Å²) >= 11 is 0. The van der Waals surface area contributed by atoms with E-state index in [1.165, 1.54) is 0 Å². The molecule has 0 amide bonds. The molecule has 1 rings (SSSR count). The zero-order valence-electron chi connectivity index (χ0n) is 12.9. The molecule has 0 aliphatic heterocycles. The standard InChI is InChI=1S/C14H23NO4S2/c1-11-5-6-12(2)13(9-11)14(15-3)10-21(18,19)8-7-20(4,16)17/h5-6,9,14-15H,7-8,10H2,1-4H3. The van der Waals surface area contributed by atoms with Crippen molar-refractivity contribution in [2.24, 2.45) is 0 Å². The summed E-state index contributed by atoms with van der Waals surface area (Å²) in [6.07, 6.45) is 1.04. The molecule has 0 saturated heterocycles. The quantitative estimate of drug-likeness (QED) is 0.806. The molecule has 1 N–H and O–H groups in total. The molecule has 0 fully saturated rings. The Hall–Kier alpha value is -0.920. The summed E-state index contributed by atoms with van der Waals surface area (Å²) in [5.41, 5.74) is 3.00. The maximum absolute atomic E-state index is 12.1. The Morgan fingerprint density at radius 2 is 1.71 bits per heavy atom. The highest BCUT2D eigenvalue weighted by molar-refractivity contribution is 7.94. The van der Waals surface area contributed by atoms with E-state index in [0.717, 1.165) is 22.9 Å². The van der Waals surface area contributed by atoms with Gasteiger partial charge in [-0.05, 0) is 32.0 Å². The van der Waals surface area contributed by atoms with Crippen molar-refractivity contribution >= 4 is 19.7 Å². The lowest BCUT2D eigenvalue weighted by Gasteiger charge is -2.19. The molecule has 0 saturated carbocycles. The third kappa shape index (κ3) is 6.15. The van der Waals surface area contributed by atoms with E-state index < -0.39 is 19.7 Å². The van der Waals surface area contributed by atoms with Crippen LogP contribution in [0.5, 0.6) is 0 Å². The largest absolute Gasteiger partial charge is 0.312 e. The van der Waals surface area contributed by atoms with Crippen molar-refractivity contribution in [2.45, 2.75) is 19.9 Å². The molecule has 1 unspecified atom stereocenters. The van der Waals surface area contributed by atoms with Crippen molar-refractivity contribution < 1.29 is 16.8 Å². The van der Waals surface area contributed by atoms with Crippen LogP contribution in [0.3, 0.4) is 0 Å². The first-order valence-corrected chi connectivity index (χ1v) is 10.5. The first-order chi connectivity index (χ1) is 9.54. The van der Waals surface area contributed by atoms with Crippen LogP contribution in [0.25, 0.3) is 0 Å². The predicted molar refractivity (Wildman–Crippen MR) is 86.1 cm³/mol. The monoisotopic (exact) mass is 333 g/mol. The van der Waals surface area contributed by atoms with E-state index in [1.54, 1.807) is 7.05 Å². The molecule has 1 aromatic rings. The summed E-state index contributed by atoms with van der Waals surface area (Å²) in [7, 11) is -5.02. The van der Waals surface area contributed by atoms with Crippen LogP contribution in [0.1, 0.15) is 22.7 Å². The summed E-state index contributed by atoms with van der Waals surface area (Å²) in [5.74, 6) is -0.781. The Bertz CT molecular complexity index is 694. The van der Waals surface area contributed by atoms with Gasteiger partial charge in [0, 0.05) is 12.3 Å². The van der Waals surface area contributed by atoms with Crippen LogP contribution in [-0.4, -0.2) is 47.4 Å². The first-order valence-electron chi connectivity index (χ1n) is 6.66. The number of sulfone groups is 2. The highest BCUT2D eigenvalue weighted by Gasteiger charge is 2.22. The maximum Gasteiger partial charge on any atom is 0.153 e. The van der Waals surface area contributed by atoms with Crippen LogP contribution < -0.4 is 5.32 Å². The molecule has 0 bridgehead atoms. The number of hydrogen-bond acceptors (Lipinski definition) is 5. The molecule has 0 heterocycles. The van der Waals surface area contributed by atoms with Crippen molar-refractivity contribution in [1.29, 1.82) is 0 Å². The van der Waals surface area contributed by atoms with E-state index in [1.807, 2.05) is 32.0 Å². The van der Waals surface area contributed by atoms with E-state index in [9.17, 15) is 16.8 Å². The Balaban J connectivity index is 2.94. The van der Waals surface area contributed by atoms with Gasteiger partial charge in [-0.1, -0.05) is 23.8 Å². The zero-order valence-corrected chi connectivity index (χ0v) is 14.5. The Kier molecular flexibility index (Phi) is 5.95. The molecule has 0 aliphatic carbocycles. The minimum Gasteiger partial charge on any atom is -0.312 e. The molecule has 120 valence electrons. The van der Waals surface area contributed by atoms with E-state index in [0.29, 0.717) is 0 Å². The Morgan fingerprint density at radius 1 is 1.10 bits per heavy atom. The van der Waals surface area contributed by atoms with Gasteiger partial charge in [-0.2, -0.15) is 0 Å². The normalized spacial score (nSPS) is 14.1. The van der Waals surface area contributed by atoms with E-state index in [4.69, 9.17) is 0 Å². The van der Waals surface area contributed by atoms with E-state index in [-0.39, 0.29) is 23.3 Å². The van der Waals surface area contributed by atoms with E-state index >= 15 is 0 Å². The molecular weight excluding hydrogens is 310 g/mol. The fraction of sp³-hybridized carbons (Fsp3) is 0.571. The topological polar surface area (TPSA) is 80.3 Å². The summed E-state index contributed by atoms with van der Waals surface area (Å²) in [5, 5.41) is 3.01. The highest BCUT2D eigenvalue weighted by Crippen LogP contribution is 2.21. The van der Waals surface area contributed by atoms with Gasteiger partial charge in [0.2, 0.25) is 0 Å². The minimum atomic E-state index is -3.45. The fourth-order valence-electron chi connectivity index (χ4n) is 2.08. The zero-order chi connectivity index (χ0) is 16.3. The van der Waals surface area contributed by atoms with Gasteiger partial charge in [0.15, 0.2) is 9.84 Å². The van der Waals surface area contributed by atoms with Crippen molar-refractivity contribution in [3.8, 4) is 0 Å².